The van der Waals surface area contributed by atoms with Crippen LogP contribution in [-0.2, 0) is 22.5 Å². The van der Waals surface area contributed by atoms with Gasteiger partial charge in [0.15, 0.2) is 0 Å². The van der Waals surface area contributed by atoms with E-state index in [-0.39, 0.29) is 5.91 Å². The molecule has 0 fully saturated rings. The van der Waals surface area contributed by atoms with Crippen LogP contribution in [0.25, 0.3) is 0 Å². The van der Waals surface area contributed by atoms with Gasteiger partial charge in [0, 0.05) is 13.7 Å². The molecule has 4 heteroatoms. The molecule has 1 unspecified atom stereocenters. The molecule has 0 heterocycles. The highest BCUT2D eigenvalue weighted by Crippen LogP contribution is 2.14. The number of amides is 1. The Kier molecular flexibility index (Phi) is 5.99. The largest absolute Gasteiger partial charge is 0.369 e. The molecule has 19 heavy (non-hydrogen) atoms. The van der Waals surface area contributed by atoms with Crippen molar-refractivity contribution in [1.82, 2.24) is 5.32 Å². The summed E-state index contributed by atoms with van der Waals surface area (Å²) in [7, 11) is 1.56. The van der Waals surface area contributed by atoms with Gasteiger partial charge in [-0.05, 0) is 37.4 Å². The molecule has 0 saturated carbocycles. The van der Waals surface area contributed by atoms with E-state index in [0.29, 0.717) is 19.5 Å². The number of nitrogens with one attached hydrogen (secondary N) is 1. The van der Waals surface area contributed by atoms with E-state index in [1.54, 1.807) is 14.0 Å². The predicted octanol–water partition coefficient (Wildman–Crippen LogP) is 1.62. The molecule has 1 rings (SSSR count). The van der Waals surface area contributed by atoms with Gasteiger partial charge in [0.05, 0.1) is 0 Å². The van der Waals surface area contributed by atoms with Crippen LogP contribution in [0.15, 0.2) is 24.3 Å². The van der Waals surface area contributed by atoms with E-state index >= 15 is 0 Å². The lowest BCUT2D eigenvalue weighted by Gasteiger charge is -2.25. The van der Waals surface area contributed by atoms with E-state index in [1.165, 1.54) is 5.56 Å². The van der Waals surface area contributed by atoms with Gasteiger partial charge in [0.25, 0.3) is 5.91 Å². The van der Waals surface area contributed by atoms with E-state index < -0.39 is 5.60 Å². The van der Waals surface area contributed by atoms with E-state index in [0.717, 1.165) is 12.0 Å². The monoisotopic (exact) mass is 264 g/mol. The Morgan fingerprint density at radius 3 is 2.37 bits per heavy atom. The van der Waals surface area contributed by atoms with Crippen LogP contribution in [-0.4, -0.2) is 25.2 Å². The third-order valence-electron chi connectivity index (χ3n) is 3.51. The van der Waals surface area contributed by atoms with Crippen LogP contribution in [0.3, 0.4) is 0 Å². The summed E-state index contributed by atoms with van der Waals surface area (Å²) < 4.78 is 5.26. The van der Waals surface area contributed by atoms with Crippen molar-refractivity contribution in [3.8, 4) is 0 Å². The van der Waals surface area contributed by atoms with Crippen molar-refractivity contribution in [2.45, 2.75) is 38.8 Å². The van der Waals surface area contributed by atoms with Gasteiger partial charge in [0.1, 0.15) is 5.60 Å². The van der Waals surface area contributed by atoms with Crippen LogP contribution in [0.4, 0.5) is 0 Å². The molecule has 0 aliphatic rings. The molecule has 106 valence electrons. The van der Waals surface area contributed by atoms with Crippen molar-refractivity contribution in [1.29, 1.82) is 0 Å². The molecule has 0 aromatic heterocycles. The SMILES string of the molecule is CCC(C)(OC)C(=O)NCc1ccc(CCN)cc1. The van der Waals surface area contributed by atoms with Crippen molar-refractivity contribution >= 4 is 5.91 Å². The first-order valence-electron chi connectivity index (χ1n) is 6.67. The molecule has 0 bridgehead atoms. The number of nitrogens with two attached hydrogens (primary N) is 1. The predicted molar refractivity (Wildman–Crippen MR) is 76.8 cm³/mol. The highest BCUT2D eigenvalue weighted by atomic mass is 16.5. The Morgan fingerprint density at radius 2 is 1.89 bits per heavy atom. The van der Waals surface area contributed by atoms with Crippen molar-refractivity contribution in [3.05, 3.63) is 35.4 Å². The summed E-state index contributed by atoms with van der Waals surface area (Å²) in [5, 5.41) is 2.90. The maximum atomic E-state index is 12.0. The maximum absolute atomic E-state index is 12.0. The second-order valence-electron chi connectivity index (χ2n) is 4.83. The van der Waals surface area contributed by atoms with Gasteiger partial charge in [-0.3, -0.25) is 4.79 Å². The standard InChI is InChI=1S/C15H24N2O2/c1-4-15(2,19-3)14(18)17-11-13-7-5-12(6-8-13)9-10-16/h5-8H,4,9-11,16H2,1-3H3,(H,17,18). The molecule has 0 radical (unpaired) electrons. The van der Waals surface area contributed by atoms with Gasteiger partial charge in [-0.25, -0.2) is 0 Å². The summed E-state index contributed by atoms with van der Waals surface area (Å²) in [4.78, 5) is 12.0. The third kappa shape index (κ3) is 4.33. The second kappa shape index (κ2) is 7.26. The number of rotatable bonds is 7. The van der Waals surface area contributed by atoms with Crippen molar-refractivity contribution in [3.63, 3.8) is 0 Å². The van der Waals surface area contributed by atoms with E-state index in [9.17, 15) is 4.79 Å². The van der Waals surface area contributed by atoms with Gasteiger partial charge < -0.3 is 15.8 Å². The van der Waals surface area contributed by atoms with Crippen molar-refractivity contribution in [2.75, 3.05) is 13.7 Å². The Morgan fingerprint density at radius 1 is 1.32 bits per heavy atom. The summed E-state index contributed by atoms with van der Waals surface area (Å²) in [5.41, 5.74) is 7.04. The van der Waals surface area contributed by atoms with E-state index in [2.05, 4.69) is 5.32 Å². The summed E-state index contributed by atoms with van der Waals surface area (Å²) >= 11 is 0. The number of hydrogen-bond acceptors (Lipinski definition) is 3. The summed E-state index contributed by atoms with van der Waals surface area (Å²) in [6, 6.07) is 8.12. The molecule has 0 saturated heterocycles. The van der Waals surface area contributed by atoms with Gasteiger partial charge >= 0.3 is 0 Å². The van der Waals surface area contributed by atoms with Crippen LogP contribution in [0.2, 0.25) is 0 Å². The molecule has 1 aromatic rings. The molecule has 1 amide bonds. The Bertz CT molecular complexity index is 397. The molecule has 1 aromatic carbocycles. The first-order chi connectivity index (χ1) is 9.05. The number of carbonyl (C=O) groups is 1. The molecule has 0 aliphatic carbocycles. The van der Waals surface area contributed by atoms with Crippen LogP contribution in [0, 0.1) is 0 Å². The van der Waals surface area contributed by atoms with Gasteiger partial charge in [-0.15, -0.1) is 0 Å². The molecule has 0 aliphatic heterocycles. The van der Waals surface area contributed by atoms with Crippen molar-refractivity contribution in [2.24, 2.45) is 5.73 Å². The van der Waals surface area contributed by atoms with Crippen LogP contribution in [0.5, 0.6) is 0 Å². The van der Waals surface area contributed by atoms with Gasteiger partial charge in [-0.2, -0.15) is 0 Å². The van der Waals surface area contributed by atoms with Gasteiger partial charge in [0.2, 0.25) is 0 Å². The number of ether oxygens (including phenoxy) is 1. The fourth-order valence-corrected chi connectivity index (χ4v) is 1.76. The summed E-state index contributed by atoms with van der Waals surface area (Å²) in [5.74, 6) is -0.0801. The van der Waals surface area contributed by atoms with Crippen LogP contribution in [0.1, 0.15) is 31.4 Å². The zero-order valence-electron chi connectivity index (χ0n) is 12.0. The first-order valence-corrected chi connectivity index (χ1v) is 6.67. The third-order valence-corrected chi connectivity index (χ3v) is 3.51. The number of hydrogen-bond donors (Lipinski definition) is 2. The summed E-state index contributed by atoms with van der Waals surface area (Å²) in [6.45, 7) is 4.90. The zero-order valence-corrected chi connectivity index (χ0v) is 12.0. The number of benzene rings is 1. The highest BCUT2D eigenvalue weighted by molar-refractivity contribution is 5.84. The molecular formula is C15H24N2O2. The Labute approximate surface area is 115 Å². The lowest BCUT2D eigenvalue weighted by atomic mass is 10.0. The fraction of sp³-hybridized carbons (Fsp3) is 0.533. The molecule has 1 atom stereocenters. The van der Waals surface area contributed by atoms with E-state index in [1.807, 2.05) is 31.2 Å². The average Bonchev–Trinajstić information content (AvgIpc) is 2.45. The highest BCUT2D eigenvalue weighted by Gasteiger charge is 2.30. The van der Waals surface area contributed by atoms with E-state index in [4.69, 9.17) is 10.5 Å². The Hall–Kier alpha value is -1.39. The molecular weight excluding hydrogens is 240 g/mol. The first kappa shape index (κ1) is 15.7. The Balaban J connectivity index is 2.54. The molecule has 0 spiro atoms. The lowest BCUT2D eigenvalue weighted by molar-refractivity contribution is -0.142. The quantitative estimate of drug-likeness (QED) is 0.786. The van der Waals surface area contributed by atoms with Crippen molar-refractivity contribution < 1.29 is 9.53 Å². The normalized spacial score (nSPS) is 13.9. The lowest BCUT2D eigenvalue weighted by Crippen LogP contribution is -2.45. The van der Waals surface area contributed by atoms with Crippen LogP contribution < -0.4 is 11.1 Å². The van der Waals surface area contributed by atoms with Crippen LogP contribution >= 0.6 is 0 Å². The molecule has 4 nitrogen and oxygen atoms in total. The number of methoxy groups -OCH3 is 1. The van der Waals surface area contributed by atoms with Gasteiger partial charge in [-0.1, -0.05) is 31.2 Å². The maximum Gasteiger partial charge on any atom is 0.252 e. The minimum atomic E-state index is -0.751. The molecule has 3 N–H and O–H groups in total. The smallest absolute Gasteiger partial charge is 0.252 e. The average molecular weight is 264 g/mol. The minimum Gasteiger partial charge on any atom is -0.369 e. The fourth-order valence-electron chi connectivity index (χ4n) is 1.76. The minimum absolute atomic E-state index is 0.0801. The zero-order chi connectivity index (χ0) is 14.3. The number of carbonyl (C=O) groups excluding carboxylic acids is 1. The topological polar surface area (TPSA) is 64.3 Å². The second-order valence-corrected chi connectivity index (χ2v) is 4.83. The summed E-state index contributed by atoms with van der Waals surface area (Å²) in [6.07, 6.45) is 1.52.